The molecular weight excluding hydrogens is 326 g/mol. The van der Waals surface area contributed by atoms with Gasteiger partial charge in [0.2, 0.25) is 0 Å². The highest BCUT2D eigenvalue weighted by molar-refractivity contribution is 6.33. The minimum atomic E-state index is -0.298. The Morgan fingerprint density at radius 1 is 1.21 bits per heavy atom. The Morgan fingerprint density at radius 3 is 2.67 bits per heavy atom. The molecule has 3 aromatic rings. The summed E-state index contributed by atoms with van der Waals surface area (Å²) in [5.41, 5.74) is 2.49. The van der Waals surface area contributed by atoms with Gasteiger partial charge in [0.25, 0.3) is 5.91 Å². The lowest BCUT2D eigenvalue weighted by Gasteiger charge is -2.04. The number of hydrogen-bond donors (Lipinski definition) is 2. The van der Waals surface area contributed by atoms with Crippen molar-refractivity contribution in [3.05, 3.63) is 65.3 Å². The van der Waals surface area contributed by atoms with E-state index < -0.39 is 0 Å². The average Bonchev–Trinajstić information content (AvgIpc) is 3.08. The van der Waals surface area contributed by atoms with Crippen molar-refractivity contribution >= 4 is 23.2 Å². The number of hydrogen-bond acceptors (Lipinski definition) is 3. The van der Waals surface area contributed by atoms with Crippen LogP contribution in [0.1, 0.15) is 17.4 Å². The van der Waals surface area contributed by atoms with E-state index in [2.05, 4.69) is 15.5 Å². The highest BCUT2D eigenvalue weighted by Gasteiger charge is 2.12. The van der Waals surface area contributed by atoms with Gasteiger partial charge in [0, 0.05) is 5.56 Å². The van der Waals surface area contributed by atoms with Crippen molar-refractivity contribution < 1.29 is 9.53 Å². The molecule has 3 rings (SSSR count). The summed E-state index contributed by atoms with van der Waals surface area (Å²) in [5.74, 6) is 0.501. The Labute approximate surface area is 144 Å². The molecule has 24 heavy (non-hydrogen) atoms. The molecule has 0 aliphatic heterocycles. The first-order chi connectivity index (χ1) is 11.7. The number of aromatic nitrogens is 2. The Balaban J connectivity index is 1.75. The highest BCUT2D eigenvalue weighted by atomic mass is 35.5. The number of ether oxygens (including phenoxy) is 1. The SMILES string of the molecule is CCOc1ccc(-c2cc(C(=O)Nc3ccccc3Cl)[nH]n2)cc1. The van der Waals surface area contributed by atoms with Gasteiger partial charge in [0.15, 0.2) is 0 Å². The first kappa shape index (κ1) is 16.1. The van der Waals surface area contributed by atoms with Crippen LogP contribution in [-0.2, 0) is 0 Å². The molecule has 0 unspecified atom stereocenters. The van der Waals surface area contributed by atoms with Gasteiger partial charge in [-0.1, -0.05) is 23.7 Å². The van der Waals surface area contributed by atoms with Crippen molar-refractivity contribution in [2.75, 3.05) is 11.9 Å². The fraction of sp³-hybridized carbons (Fsp3) is 0.111. The van der Waals surface area contributed by atoms with E-state index in [0.717, 1.165) is 11.3 Å². The fourth-order valence-corrected chi connectivity index (χ4v) is 2.41. The van der Waals surface area contributed by atoms with Crippen LogP contribution in [0.2, 0.25) is 5.02 Å². The predicted molar refractivity (Wildman–Crippen MR) is 94.6 cm³/mol. The lowest BCUT2D eigenvalue weighted by molar-refractivity contribution is 0.102. The number of H-pyrrole nitrogens is 1. The fourth-order valence-electron chi connectivity index (χ4n) is 2.23. The molecule has 0 bridgehead atoms. The van der Waals surface area contributed by atoms with Crippen molar-refractivity contribution in [1.29, 1.82) is 0 Å². The molecule has 1 heterocycles. The first-order valence-electron chi connectivity index (χ1n) is 7.52. The largest absolute Gasteiger partial charge is 0.494 e. The molecule has 0 spiro atoms. The van der Waals surface area contributed by atoms with Gasteiger partial charge in [-0.25, -0.2) is 0 Å². The molecule has 1 amide bonds. The summed E-state index contributed by atoms with van der Waals surface area (Å²) < 4.78 is 5.41. The molecule has 6 heteroatoms. The molecule has 0 atom stereocenters. The molecule has 1 aromatic heterocycles. The van der Waals surface area contributed by atoms with Crippen LogP contribution in [0, 0.1) is 0 Å². The third kappa shape index (κ3) is 3.58. The number of nitrogens with zero attached hydrogens (tertiary/aromatic N) is 1. The van der Waals surface area contributed by atoms with E-state index >= 15 is 0 Å². The number of halogens is 1. The third-order valence-corrected chi connectivity index (χ3v) is 3.74. The molecule has 2 N–H and O–H groups in total. The molecule has 0 fully saturated rings. The summed E-state index contributed by atoms with van der Waals surface area (Å²) in [4.78, 5) is 12.3. The zero-order valence-electron chi connectivity index (χ0n) is 13.0. The normalized spacial score (nSPS) is 10.4. The summed E-state index contributed by atoms with van der Waals surface area (Å²) in [5, 5.41) is 10.2. The number of anilines is 1. The van der Waals surface area contributed by atoms with Crippen LogP contribution >= 0.6 is 11.6 Å². The Morgan fingerprint density at radius 2 is 1.96 bits per heavy atom. The number of aromatic amines is 1. The number of carbonyl (C=O) groups excluding carboxylic acids is 1. The smallest absolute Gasteiger partial charge is 0.273 e. The van der Waals surface area contributed by atoms with E-state index in [1.54, 1.807) is 30.3 Å². The van der Waals surface area contributed by atoms with E-state index in [9.17, 15) is 4.79 Å². The van der Waals surface area contributed by atoms with Gasteiger partial charge >= 0.3 is 0 Å². The van der Waals surface area contributed by atoms with Crippen molar-refractivity contribution in [1.82, 2.24) is 10.2 Å². The highest BCUT2D eigenvalue weighted by Crippen LogP contribution is 2.23. The van der Waals surface area contributed by atoms with Gasteiger partial charge in [-0.2, -0.15) is 5.10 Å². The van der Waals surface area contributed by atoms with Crippen molar-refractivity contribution in [3.8, 4) is 17.0 Å². The van der Waals surface area contributed by atoms with Gasteiger partial charge in [-0.3, -0.25) is 9.89 Å². The van der Waals surface area contributed by atoms with Crippen LogP contribution in [-0.4, -0.2) is 22.7 Å². The maximum atomic E-state index is 12.3. The second kappa shape index (κ2) is 7.19. The lowest BCUT2D eigenvalue weighted by atomic mass is 10.1. The standard InChI is InChI=1S/C18H16ClN3O2/c1-2-24-13-9-7-12(8-10-13)16-11-17(22-21-16)18(23)20-15-6-4-3-5-14(15)19/h3-11H,2H2,1H3,(H,20,23)(H,21,22). The number of rotatable bonds is 5. The van der Waals surface area contributed by atoms with Gasteiger partial charge in [0.1, 0.15) is 11.4 Å². The molecule has 0 saturated carbocycles. The second-order valence-corrected chi connectivity index (χ2v) is 5.47. The molecule has 0 aliphatic carbocycles. The molecule has 2 aromatic carbocycles. The van der Waals surface area contributed by atoms with Crippen LogP contribution in [0.5, 0.6) is 5.75 Å². The molecule has 0 aliphatic rings. The van der Waals surface area contributed by atoms with E-state index in [1.165, 1.54) is 0 Å². The van der Waals surface area contributed by atoms with Gasteiger partial charge in [-0.15, -0.1) is 0 Å². The minimum Gasteiger partial charge on any atom is -0.494 e. The maximum absolute atomic E-state index is 12.3. The van der Waals surface area contributed by atoms with E-state index in [0.29, 0.717) is 28.7 Å². The Bertz CT molecular complexity index is 843. The molecule has 0 saturated heterocycles. The first-order valence-corrected chi connectivity index (χ1v) is 7.89. The van der Waals surface area contributed by atoms with Crippen molar-refractivity contribution in [3.63, 3.8) is 0 Å². The lowest BCUT2D eigenvalue weighted by Crippen LogP contribution is -2.12. The summed E-state index contributed by atoms with van der Waals surface area (Å²) in [6.07, 6.45) is 0. The van der Waals surface area contributed by atoms with Crippen LogP contribution in [0.15, 0.2) is 54.6 Å². The van der Waals surface area contributed by atoms with Crippen molar-refractivity contribution in [2.45, 2.75) is 6.92 Å². The molecule has 122 valence electrons. The number of para-hydroxylation sites is 1. The quantitative estimate of drug-likeness (QED) is 0.723. The van der Waals surface area contributed by atoms with Crippen LogP contribution in [0.25, 0.3) is 11.3 Å². The number of benzene rings is 2. The Hall–Kier alpha value is -2.79. The van der Waals surface area contributed by atoms with E-state index in [-0.39, 0.29) is 5.91 Å². The molecular formula is C18H16ClN3O2. The minimum absolute atomic E-state index is 0.298. The Kier molecular flexibility index (Phi) is 4.82. The monoisotopic (exact) mass is 341 g/mol. The molecule has 5 nitrogen and oxygen atoms in total. The summed E-state index contributed by atoms with van der Waals surface area (Å²) in [6.45, 7) is 2.56. The van der Waals surface area contributed by atoms with Crippen molar-refractivity contribution in [2.24, 2.45) is 0 Å². The number of carbonyl (C=O) groups is 1. The van der Waals surface area contributed by atoms with Gasteiger partial charge < -0.3 is 10.1 Å². The van der Waals surface area contributed by atoms with Crippen LogP contribution in [0.4, 0.5) is 5.69 Å². The van der Waals surface area contributed by atoms with Gasteiger partial charge in [-0.05, 0) is 49.4 Å². The summed E-state index contributed by atoms with van der Waals surface area (Å²) in [6, 6.07) is 16.3. The van der Waals surface area contributed by atoms with E-state index in [1.807, 2.05) is 31.2 Å². The van der Waals surface area contributed by atoms with Crippen LogP contribution < -0.4 is 10.1 Å². The van der Waals surface area contributed by atoms with Gasteiger partial charge in [0.05, 0.1) is 23.0 Å². The predicted octanol–water partition coefficient (Wildman–Crippen LogP) is 4.38. The van der Waals surface area contributed by atoms with Crippen LogP contribution in [0.3, 0.4) is 0 Å². The summed E-state index contributed by atoms with van der Waals surface area (Å²) in [7, 11) is 0. The zero-order chi connectivity index (χ0) is 16.9. The zero-order valence-corrected chi connectivity index (χ0v) is 13.8. The number of amides is 1. The number of nitrogens with one attached hydrogen (secondary N) is 2. The third-order valence-electron chi connectivity index (χ3n) is 3.41. The van der Waals surface area contributed by atoms with E-state index in [4.69, 9.17) is 16.3 Å². The second-order valence-electron chi connectivity index (χ2n) is 5.06. The topological polar surface area (TPSA) is 67.0 Å². The summed E-state index contributed by atoms with van der Waals surface area (Å²) >= 11 is 6.04. The average molecular weight is 342 g/mol. The maximum Gasteiger partial charge on any atom is 0.273 e. The molecule has 0 radical (unpaired) electrons.